The van der Waals surface area contributed by atoms with Crippen molar-refractivity contribution in [3.63, 3.8) is 0 Å². The van der Waals surface area contributed by atoms with Crippen LogP contribution in [0.25, 0.3) is 0 Å². The molecular formula is C22H41ClN2O5. The lowest BCUT2D eigenvalue weighted by Crippen LogP contribution is -2.43. The van der Waals surface area contributed by atoms with Gasteiger partial charge in [0.05, 0.1) is 19.8 Å². The first-order valence-corrected chi connectivity index (χ1v) is 11.8. The van der Waals surface area contributed by atoms with Crippen LogP contribution in [0, 0.1) is 5.92 Å². The third-order valence-corrected chi connectivity index (χ3v) is 5.18. The molecule has 1 saturated carbocycles. The number of rotatable bonds is 14. The van der Waals surface area contributed by atoms with Crippen molar-refractivity contribution in [3.8, 4) is 0 Å². The molecule has 0 saturated heterocycles. The Morgan fingerprint density at radius 1 is 0.900 bits per heavy atom. The molecule has 8 heteroatoms. The molecule has 176 valence electrons. The van der Waals surface area contributed by atoms with Gasteiger partial charge in [0.1, 0.15) is 5.60 Å². The Labute approximate surface area is 186 Å². The Hall–Kier alpha value is -1.05. The van der Waals surface area contributed by atoms with Gasteiger partial charge >= 0.3 is 6.09 Å². The quantitative estimate of drug-likeness (QED) is 0.309. The van der Waals surface area contributed by atoms with Crippen molar-refractivity contribution in [2.75, 3.05) is 38.9 Å². The monoisotopic (exact) mass is 448 g/mol. The number of amides is 2. The first kappa shape index (κ1) is 27.0. The van der Waals surface area contributed by atoms with Crippen LogP contribution in [0.3, 0.4) is 0 Å². The SMILES string of the molecule is CC(C)(C)OC(=O)NC1CCC(C(=O)NCCOCCOCCCCCCCl)CC1. The topological polar surface area (TPSA) is 85.9 Å². The number of carbonyl (C=O) groups is 2. The molecule has 2 amide bonds. The van der Waals surface area contributed by atoms with Gasteiger partial charge in [0.15, 0.2) is 0 Å². The van der Waals surface area contributed by atoms with E-state index in [1.807, 2.05) is 20.8 Å². The van der Waals surface area contributed by atoms with Crippen molar-refractivity contribution < 1.29 is 23.8 Å². The van der Waals surface area contributed by atoms with Crippen LogP contribution in [0.2, 0.25) is 0 Å². The number of hydrogen-bond donors (Lipinski definition) is 2. The van der Waals surface area contributed by atoms with Crippen LogP contribution in [0.1, 0.15) is 72.1 Å². The Morgan fingerprint density at radius 2 is 1.53 bits per heavy atom. The fourth-order valence-electron chi connectivity index (χ4n) is 3.34. The summed E-state index contributed by atoms with van der Waals surface area (Å²) in [5.41, 5.74) is -0.500. The Balaban J connectivity index is 1.98. The summed E-state index contributed by atoms with van der Waals surface area (Å²) in [6, 6.07) is 0.0764. The highest BCUT2D eigenvalue weighted by Gasteiger charge is 2.28. The molecular weight excluding hydrogens is 408 g/mol. The van der Waals surface area contributed by atoms with Crippen LogP contribution in [-0.4, -0.2) is 62.5 Å². The molecule has 0 bridgehead atoms. The Bertz CT molecular complexity index is 477. The zero-order valence-electron chi connectivity index (χ0n) is 19.0. The predicted octanol–water partition coefficient (Wildman–Crippen LogP) is 4.02. The molecule has 0 spiro atoms. The minimum Gasteiger partial charge on any atom is -0.444 e. The summed E-state index contributed by atoms with van der Waals surface area (Å²) in [6.45, 7) is 8.40. The molecule has 0 aliphatic heterocycles. The molecule has 1 aliphatic rings. The molecule has 0 atom stereocenters. The van der Waals surface area contributed by atoms with Crippen molar-refractivity contribution in [2.45, 2.75) is 83.8 Å². The third kappa shape index (κ3) is 14.0. The van der Waals surface area contributed by atoms with Gasteiger partial charge in [0.25, 0.3) is 0 Å². The van der Waals surface area contributed by atoms with Gasteiger partial charge in [-0.05, 0) is 59.3 Å². The van der Waals surface area contributed by atoms with E-state index >= 15 is 0 Å². The maximum Gasteiger partial charge on any atom is 0.407 e. The van der Waals surface area contributed by atoms with Gasteiger partial charge in [-0.25, -0.2) is 4.79 Å². The van der Waals surface area contributed by atoms with Crippen LogP contribution >= 0.6 is 11.6 Å². The summed E-state index contributed by atoms with van der Waals surface area (Å²) in [4.78, 5) is 24.1. The van der Waals surface area contributed by atoms with Gasteiger partial charge in [-0.15, -0.1) is 11.6 Å². The van der Waals surface area contributed by atoms with Gasteiger partial charge in [-0.1, -0.05) is 12.8 Å². The second kappa shape index (κ2) is 15.7. The number of carbonyl (C=O) groups excluding carboxylic acids is 2. The zero-order valence-corrected chi connectivity index (χ0v) is 19.7. The van der Waals surface area contributed by atoms with E-state index < -0.39 is 5.60 Å². The second-order valence-corrected chi connectivity index (χ2v) is 9.19. The minimum atomic E-state index is -0.500. The van der Waals surface area contributed by atoms with Crippen LogP contribution in [0.4, 0.5) is 4.79 Å². The number of alkyl carbamates (subject to hydrolysis) is 1. The van der Waals surface area contributed by atoms with E-state index in [2.05, 4.69) is 10.6 Å². The van der Waals surface area contributed by atoms with Crippen molar-refractivity contribution in [1.82, 2.24) is 10.6 Å². The smallest absolute Gasteiger partial charge is 0.407 e. The highest BCUT2D eigenvalue weighted by Crippen LogP contribution is 2.24. The van der Waals surface area contributed by atoms with Crippen LogP contribution in [0.5, 0.6) is 0 Å². The Kier molecular flexibility index (Phi) is 14.1. The van der Waals surface area contributed by atoms with Crippen LogP contribution < -0.4 is 10.6 Å². The van der Waals surface area contributed by atoms with E-state index in [1.54, 1.807) is 0 Å². The van der Waals surface area contributed by atoms with Crippen molar-refractivity contribution in [2.24, 2.45) is 5.92 Å². The summed E-state index contributed by atoms with van der Waals surface area (Å²) in [5.74, 6) is 0.809. The van der Waals surface area contributed by atoms with Gasteiger partial charge in [0, 0.05) is 31.0 Å². The third-order valence-electron chi connectivity index (χ3n) is 4.91. The molecule has 0 unspecified atom stereocenters. The minimum absolute atomic E-state index is 0.00354. The number of ether oxygens (including phenoxy) is 3. The molecule has 7 nitrogen and oxygen atoms in total. The van der Waals surface area contributed by atoms with E-state index in [0.29, 0.717) is 26.4 Å². The van der Waals surface area contributed by atoms with Crippen molar-refractivity contribution in [1.29, 1.82) is 0 Å². The molecule has 0 radical (unpaired) electrons. The maximum atomic E-state index is 12.3. The van der Waals surface area contributed by atoms with E-state index in [9.17, 15) is 9.59 Å². The number of unbranched alkanes of at least 4 members (excludes halogenated alkanes) is 3. The molecule has 1 aliphatic carbocycles. The molecule has 1 fully saturated rings. The van der Waals surface area contributed by atoms with Crippen LogP contribution in [-0.2, 0) is 19.0 Å². The van der Waals surface area contributed by atoms with Crippen molar-refractivity contribution in [3.05, 3.63) is 0 Å². The number of halogens is 1. The molecule has 0 heterocycles. The number of alkyl halides is 1. The normalized spacial score (nSPS) is 19.3. The lowest BCUT2D eigenvalue weighted by Gasteiger charge is -2.29. The summed E-state index contributed by atoms with van der Waals surface area (Å²) >= 11 is 5.64. The van der Waals surface area contributed by atoms with Crippen LogP contribution in [0.15, 0.2) is 0 Å². The summed E-state index contributed by atoms with van der Waals surface area (Å²) < 4.78 is 16.3. The summed E-state index contributed by atoms with van der Waals surface area (Å²) in [7, 11) is 0. The Morgan fingerprint density at radius 3 is 2.17 bits per heavy atom. The molecule has 30 heavy (non-hydrogen) atoms. The van der Waals surface area contributed by atoms with E-state index in [4.69, 9.17) is 25.8 Å². The fraction of sp³-hybridized carbons (Fsp3) is 0.909. The lowest BCUT2D eigenvalue weighted by molar-refractivity contribution is -0.126. The average molecular weight is 449 g/mol. The average Bonchev–Trinajstić information content (AvgIpc) is 2.67. The predicted molar refractivity (Wildman–Crippen MR) is 119 cm³/mol. The molecule has 0 aromatic carbocycles. The molecule has 0 aromatic rings. The fourth-order valence-corrected chi connectivity index (χ4v) is 3.53. The van der Waals surface area contributed by atoms with Gasteiger partial charge < -0.3 is 24.8 Å². The molecule has 0 aromatic heterocycles. The number of nitrogens with one attached hydrogen (secondary N) is 2. The zero-order chi connectivity index (χ0) is 22.2. The summed E-state index contributed by atoms with van der Waals surface area (Å²) in [5, 5.41) is 5.84. The largest absolute Gasteiger partial charge is 0.444 e. The highest BCUT2D eigenvalue weighted by atomic mass is 35.5. The van der Waals surface area contributed by atoms with Gasteiger partial charge in [0.2, 0.25) is 5.91 Å². The molecule has 1 rings (SSSR count). The van der Waals surface area contributed by atoms with Gasteiger partial charge in [-0.2, -0.15) is 0 Å². The maximum absolute atomic E-state index is 12.3. The number of hydrogen-bond acceptors (Lipinski definition) is 5. The standard InChI is InChI=1S/C22H41ClN2O5/c1-22(2,3)30-21(27)25-19-10-8-18(9-11-19)20(26)24-13-15-29-17-16-28-14-7-5-4-6-12-23/h18-19H,4-17H2,1-3H3,(H,24,26)(H,25,27). The summed E-state index contributed by atoms with van der Waals surface area (Å²) in [6.07, 6.45) is 7.17. The first-order valence-electron chi connectivity index (χ1n) is 11.3. The lowest BCUT2D eigenvalue weighted by atomic mass is 9.85. The van der Waals surface area contributed by atoms with Crippen molar-refractivity contribution >= 4 is 23.6 Å². The highest BCUT2D eigenvalue weighted by molar-refractivity contribution is 6.17. The first-order chi connectivity index (χ1) is 14.3. The van der Waals surface area contributed by atoms with E-state index in [0.717, 1.165) is 63.9 Å². The van der Waals surface area contributed by atoms with Gasteiger partial charge in [-0.3, -0.25) is 4.79 Å². The van der Waals surface area contributed by atoms with E-state index in [-0.39, 0.29) is 24.0 Å². The second-order valence-electron chi connectivity index (χ2n) is 8.81. The van der Waals surface area contributed by atoms with E-state index in [1.165, 1.54) is 0 Å². The molecule has 2 N–H and O–H groups in total.